The summed E-state index contributed by atoms with van der Waals surface area (Å²) >= 11 is 0. The number of carboxylic acid groups (broad SMARTS) is 1. The van der Waals surface area contributed by atoms with Crippen LogP contribution in [0, 0.1) is 19.3 Å². The lowest BCUT2D eigenvalue weighted by atomic mass is 9.69. The maximum absolute atomic E-state index is 11.0. The van der Waals surface area contributed by atoms with Crippen LogP contribution in [0.2, 0.25) is 0 Å². The molecule has 0 spiro atoms. The summed E-state index contributed by atoms with van der Waals surface area (Å²) in [5.74, 6) is -0.811. The van der Waals surface area contributed by atoms with Crippen LogP contribution in [0.5, 0.6) is 0 Å². The largest absolute Gasteiger partial charge is 0.481 e. The zero-order valence-corrected chi connectivity index (χ0v) is 23.7. The van der Waals surface area contributed by atoms with E-state index < -0.39 is 5.97 Å². The van der Waals surface area contributed by atoms with E-state index >= 15 is 0 Å². The first kappa shape index (κ1) is 28.7. The van der Waals surface area contributed by atoms with Crippen LogP contribution in [0.25, 0.3) is 11.1 Å². The van der Waals surface area contributed by atoms with Gasteiger partial charge in [-0.05, 0) is 89.5 Å². The molecule has 37 heavy (non-hydrogen) atoms. The van der Waals surface area contributed by atoms with Crippen molar-refractivity contribution >= 4 is 5.97 Å². The van der Waals surface area contributed by atoms with E-state index in [9.17, 15) is 9.90 Å². The normalized spacial score (nSPS) is 13.0. The van der Waals surface area contributed by atoms with Crippen molar-refractivity contribution < 1.29 is 15.0 Å². The topological polar surface area (TPSA) is 57.5 Å². The number of hydrogen-bond donors (Lipinski definition) is 2. The van der Waals surface area contributed by atoms with Gasteiger partial charge in [-0.15, -0.1) is 0 Å². The van der Waals surface area contributed by atoms with Crippen molar-refractivity contribution in [1.29, 1.82) is 0 Å². The Labute approximate surface area is 223 Å². The highest BCUT2D eigenvalue weighted by Crippen LogP contribution is 2.41. The molecule has 3 aromatic carbocycles. The second-order valence-corrected chi connectivity index (χ2v) is 11.6. The van der Waals surface area contributed by atoms with Gasteiger partial charge in [0.2, 0.25) is 0 Å². The SMILES string of the molecule is CCC(CC)(c1ccc(CCC(O)C(C)(C)C)c(C)c1)c1ccc(-c2ccc(CC(=O)O)cc2)c(C)c1. The molecule has 1 atom stereocenters. The Bertz CT molecular complexity index is 1210. The number of aliphatic carboxylic acids is 1. The summed E-state index contributed by atoms with van der Waals surface area (Å²) in [6, 6.07) is 21.6. The Morgan fingerprint density at radius 1 is 0.838 bits per heavy atom. The lowest BCUT2D eigenvalue weighted by Gasteiger charge is -2.34. The van der Waals surface area contributed by atoms with Crippen LogP contribution in [0.3, 0.4) is 0 Å². The molecule has 3 heteroatoms. The molecule has 3 aromatic rings. The third-order valence-corrected chi connectivity index (χ3v) is 8.19. The highest BCUT2D eigenvalue weighted by atomic mass is 16.4. The Balaban J connectivity index is 1.90. The molecule has 0 amide bonds. The van der Waals surface area contributed by atoms with Crippen LogP contribution in [0.15, 0.2) is 60.7 Å². The number of rotatable bonds is 10. The van der Waals surface area contributed by atoms with Gasteiger partial charge in [-0.1, -0.05) is 95.3 Å². The van der Waals surface area contributed by atoms with Crippen LogP contribution in [-0.4, -0.2) is 22.3 Å². The van der Waals surface area contributed by atoms with Crippen molar-refractivity contribution in [2.75, 3.05) is 0 Å². The van der Waals surface area contributed by atoms with E-state index in [4.69, 9.17) is 5.11 Å². The van der Waals surface area contributed by atoms with Crippen molar-refractivity contribution in [3.05, 3.63) is 94.0 Å². The fourth-order valence-corrected chi connectivity index (χ4v) is 5.49. The van der Waals surface area contributed by atoms with E-state index in [0.717, 1.165) is 36.8 Å². The van der Waals surface area contributed by atoms with Gasteiger partial charge in [0.05, 0.1) is 12.5 Å². The minimum Gasteiger partial charge on any atom is -0.481 e. The van der Waals surface area contributed by atoms with E-state index in [1.807, 2.05) is 24.3 Å². The minimum atomic E-state index is -0.811. The van der Waals surface area contributed by atoms with E-state index in [0.29, 0.717) is 0 Å². The van der Waals surface area contributed by atoms with Gasteiger partial charge in [0.1, 0.15) is 0 Å². The number of aryl methyl sites for hydroxylation is 3. The van der Waals surface area contributed by atoms with Crippen LogP contribution in [0.4, 0.5) is 0 Å². The number of carbonyl (C=O) groups is 1. The number of carboxylic acids is 1. The molecule has 0 bridgehead atoms. The van der Waals surface area contributed by atoms with Gasteiger partial charge in [0.25, 0.3) is 0 Å². The Morgan fingerprint density at radius 3 is 1.89 bits per heavy atom. The number of benzene rings is 3. The fraction of sp³-hybridized carbons (Fsp3) is 0.441. The average molecular weight is 501 g/mol. The fourth-order valence-electron chi connectivity index (χ4n) is 5.49. The molecule has 0 aromatic heterocycles. The van der Waals surface area contributed by atoms with Gasteiger partial charge in [-0.2, -0.15) is 0 Å². The van der Waals surface area contributed by atoms with Crippen molar-refractivity contribution in [3.63, 3.8) is 0 Å². The van der Waals surface area contributed by atoms with Crippen molar-refractivity contribution in [3.8, 4) is 11.1 Å². The molecule has 0 aliphatic carbocycles. The van der Waals surface area contributed by atoms with Gasteiger partial charge in [-0.25, -0.2) is 0 Å². The predicted octanol–water partition coefficient (Wildman–Crippen LogP) is 8.04. The lowest BCUT2D eigenvalue weighted by Crippen LogP contribution is -2.27. The Morgan fingerprint density at radius 2 is 1.41 bits per heavy atom. The molecule has 3 rings (SSSR count). The molecule has 0 saturated heterocycles. The zero-order valence-electron chi connectivity index (χ0n) is 23.7. The van der Waals surface area contributed by atoms with Gasteiger partial charge < -0.3 is 10.2 Å². The van der Waals surface area contributed by atoms with Crippen LogP contribution < -0.4 is 0 Å². The minimum absolute atomic E-state index is 0.0447. The molecule has 0 heterocycles. The molecule has 0 radical (unpaired) electrons. The first-order chi connectivity index (χ1) is 17.4. The van der Waals surface area contributed by atoms with Gasteiger partial charge in [-0.3, -0.25) is 4.79 Å². The first-order valence-corrected chi connectivity index (χ1v) is 13.6. The maximum Gasteiger partial charge on any atom is 0.307 e. The molecule has 0 aliphatic rings. The molecule has 198 valence electrons. The van der Waals surface area contributed by atoms with Crippen LogP contribution in [-0.2, 0) is 23.1 Å². The quantitative estimate of drug-likeness (QED) is 0.296. The molecular weight excluding hydrogens is 456 g/mol. The average Bonchev–Trinajstić information content (AvgIpc) is 2.84. The summed E-state index contributed by atoms with van der Waals surface area (Å²) in [5.41, 5.74) is 9.43. The molecule has 0 saturated carbocycles. The predicted molar refractivity (Wildman–Crippen MR) is 154 cm³/mol. The van der Waals surface area contributed by atoms with E-state index in [2.05, 4.69) is 84.9 Å². The van der Waals surface area contributed by atoms with Gasteiger partial charge >= 0.3 is 5.97 Å². The number of hydrogen-bond acceptors (Lipinski definition) is 2. The summed E-state index contributed by atoms with van der Waals surface area (Å²) in [4.78, 5) is 11.0. The third kappa shape index (κ3) is 6.51. The zero-order chi connectivity index (χ0) is 27.4. The second-order valence-electron chi connectivity index (χ2n) is 11.6. The molecule has 0 aliphatic heterocycles. The summed E-state index contributed by atoms with van der Waals surface area (Å²) in [6.07, 6.45) is 3.40. The molecule has 3 nitrogen and oxygen atoms in total. The summed E-state index contributed by atoms with van der Waals surface area (Å²) in [6.45, 7) is 15.2. The number of aliphatic hydroxyl groups excluding tert-OH is 1. The van der Waals surface area contributed by atoms with Gasteiger partial charge in [0, 0.05) is 5.41 Å². The Hall–Kier alpha value is -2.91. The summed E-state index contributed by atoms with van der Waals surface area (Å²) in [7, 11) is 0. The molecular formula is C34H44O3. The van der Waals surface area contributed by atoms with Gasteiger partial charge in [0.15, 0.2) is 0 Å². The standard InChI is InChI=1S/C34H44O3/c1-8-34(9-2,28-16-14-26(23(3)20-28)15-19-31(35)33(5,6)7)29-17-18-30(24(4)21-29)27-12-10-25(11-13-27)22-32(36)37/h10-14,16-18,20-21,31,35H,8-9,15,19,22H2,1-7H3,(H,36,37). The second kappa shape index (κ2) is 11.6. The third-order valence-electron chi connectivity index (χ3n) is 8.19. The lowest BCUT2D eigenvalue weighted by molar-refractivity contribution is -0.136. The van der Waals surface area contributed by atoms with Crippen molar-refractivity contribution in [1.82, 2.24) is 0 Å². The van der Waals surface area contributed by atoms with E-state index in [1.165, 1.54) is 33.4 Å². The highest BCUT2D eigenvalue weighted by Gasteiger charge is 2.31. The van der Waals surface area contributed by atoms with E-state index in [-0.39, 0.29) is 23.4 Å². The Kier molecular flexibility index (Phi) is 9.02. The van der Waals surface area contributed by atoms with Crippen molar-refractivity contribution in [2.24, 2.45) is 5.41 Å². The molecule has 0 fully saturated rings. The van der Waals surface area contributed by atoms with Crippen LogP contribution >= 0.6 is 0 Å². The smallest absolute Gasteiger partial charge is 0.307 e. The maximum atomic E-state index is 11.0. The molecule has 2 N–H and O–H groups in total. The van der Waals surface area contributed by atoms with E-state index in [1.54, 1.807) is 0 Å². The highest BCUT2D eigenvalue weighted by molar-refractivity contribution is 5.72. The van der Waals surface area contributed by atoms with Crippen molar-refractivity contribution in [2.45, 2.75) is 92.1 Å². The number of aliphatic hydroxyl groups is 1. The molecule has 1 unspecified atom stereocenters. The van der Waals surface area contributed by atoms with Crippen LogP contribution in [0.1, 0.15) is 87.3 Å². The summed E-state index contributed by atoms with van der Waals surface area (Å²) in [5, 5.41) is 19.5. The monoisotopic (exact) mass is 500 g/mol. The first-order valence-electron chi connectivity index (χ1n) is 13.6. The summed E-state index contributed by atoms with van der Waals surface area (Å²) < 4.78 is 0.